The van der Waals surface area contributed by atoms with E-state index in [2.05, 4.69) is 17.2 Å². The van der Waals surface area contributed by atoms with Crippen molar-refractivity contribution in [3.05, 3.63) is 34.9 Å². The molecule has 3 nitrogen and oxygen atoms in total. The number of hydrogen-bond donors (Lipinski definition) is 2. The Kier molecular flexibility index (Phi) is 5.59. The molecule has 0 saturated carbocycles. The first kappa shape index (κ1) is 16.1. The van der Waals surface area contributed by atoms with Gasteiger partial charge in [-0.1, -0.05) is 17.9 Å². The van der Waals surface area contributed by atoms with E-state index in [1.165, 1.54) is 0 Å². The lowest BCUT2D eigenvalue weighted by molar-refractivity contribution is -0.132. The third-order valence-electron chi connectivity index (χ3n) is 2.60. The third kappa shape index (κ3) is 4.94. The van der Waals surface area contributed by atoms with Gasteiger partial charge in [-0.15, -0.1) is 0 Å². The minimum absolute atomic E-state index is 0.196. The van der Waals surface area contributed by atoms with Gasteiger partial charge in [-0.25, -0.2) is 0 Å². The summed E-state index contributed by atoms with van der Waals surface area (Å²) in [6.45, 7) is 1.45. The maximum absolute atomic E-state index is 12.0. The predicted molar refractivity (Wildman–Crippen MR) is 70.1 cm³/mol. The minimum Gasteiger partial charge on any atom is -0.352 e. The van der Waals surface area contributed by atoms with Crippen LogP contribution in [-0.2, 0) is 0 Å². The first-order valence-electron chi connectivity index (χ1n) is 5.98. The lowest BCUT2D eigenvalue weighted by Gasteiger charge is -2.10. The molecule has 0 spiro atoms. The Morgan fingerprint density at radius 2 is 2.10 bits per heavy atom. The number of hydrogen-bond acceptors (Lipinski definition) is 2. The topological polar surface area (TPSA) is 55.1 Å². The molecule has 1 rings (SSSR count). The minimum atomic E-state index is -4.28. The van der Waals surface area contributed by atoms with Crippen LogP contribution in [0, 0.1) is 18.8 Å². The SMILES string of the molecule is Cc1c(C#CCN)cccc1C(=O)NCCC(F)(F)F. The first-order valence-corrected chi connectivity index (χ1v) is 5.98. The number of rotatable bonds is 3. The number of amides is 1. The molecule has 0 bridgehead atoms. The van der Waals surface area contributed by atoms with E-state index in [1.807, 2.05) is 0 Å². The number of benzene rings is 1. The quantitative estimate of drug-likeness (QED) is 0.834. The van der Waals surface area contributed by atoms with Crippen LogP contribution in [-0.4, -0.2) is 25.2 Å². The molecule has 0 radical (unpaired) electrons. The fourth-order valence-corrected chi connectivity index (χ4v) is 1.58. The summed E-state index contributed by atoms with van der Waals surface area (Å²) >= 11 is 0. The number of alkyl halides is 3. The van der Waals surface area contributed by atoms with Crippen molar-refractivity contribution in [1.82, 2.24) is 5.32 Å². The summed E-state index contributed by atoms with van der Waals surface area (Å²) in [6.07, 6.45) is -5.33. The maximum atomic E-state index is 12.0. The average molecular weight is 284 g/mol. The number of nitrogens with two attached hydrogens (primary N) is 1. The number of nitrogens with one attached hydrogen (secondary N) is 1. The summed E-state index contributed by atoms with van der Waals surface area (Å²) in [7, 11) is 0. The molecule has 0 aliphatic heterocycles. The van der Waals surface area contributed by atoms with E-state index in [1.54, 1.807) is 25.1 Å². The molecule has 0 aromatic heterocycles. The van der Waals surface area contributed by atoms with Gasteiger partial charge in [-0.2, -0.15) is 13.2 Å². The molecule has 3 N–H and O–H groups in total. The van der Waals surface area contributed by atoms with Crippen molar-refractivity contribution >= 4 is 5.91 Å². The second-order valence-electron chi connectivity index (χ2n) is 4.11. The van der Waals surface area contributed by atoms with Gasteiger partial charge in [0.25, 0.3) is 5.91 Å². The normalized spacial score (nSPS) is 10.7. The Bertz CT molecular complexity index is 542. The molecule has 20 heavy (non-hydrogen) atoms. The van der Waals surface area contributed by atoms with E-state index in [-0.39, 0.29) is 6.54 Å². The van der Waals surface area contributed by atoms with Crippen molar-refractivity contribution in [3.63, 3.8) is 0 Å². The highest BCUT2D eigenvalue weighted by atomic mass is 19.4. The van der Waals surface area contributed by atoms with Gasteiger partial charge in [0.05, 0.1) is 13.0 Å². The molecular weight excluding hydrogens is 269 g/mol. The highest BCUT2D eigenvalue weighted by molar-refractivity contribution is 5.96. The average Bonchev–Trinajstić information content (AvgIpc) is 2.36. The highest BCUT2D eigenvalue weighted by Gasteiger charge is 2.26. The summed E-state index contributed by atoms with van der Waals surface area (Å²) in [4.78, 5) is 11.8. The number of carbonyl (C=O) groups excluding carboxylic acids is 1. The molecule has 108 valence electrons. The second-order valence-corrected chi connectivity index (χ2v) is 4.11. The van der Waals surface area contributed by atoms with E-state index >= 15 is 0 Å². The second kappa shape index (κ2) is 6.96. The molecule has 6 heteroatoms. The van der Waals surface area contributed by atoms with Gasteiger partial charge in [0.1, 0.15) is 0 Å². The molecule has 0 atom stereocenters. The molecule has 0 saturated heterocycles. The van der Waals surface area contributed by atoms with Crippen molar-refractivity contribution in [1.29, 1.82) is 0 Å². The summed E-state index contributed by atoms with van der Waals surface area (Å²) in [5, 5.41) is 2.25. The fourth-order valence-electron chi connectivity index (χ4n) is 1.58. The predicted octanol–water partition coefficient (Wildman–Crippen LogP) is 1.99. The summed E-state index contributed by atoms with van der Waals surface area (Å²) in [5.74, 6) is 4.95. The number of halogens is 3. The Labute approximate surface area is 115 Å². The summed E-state index contributed by atoms with van der Waals surface area (Å²) in [5.41, 5.74) is 6.85. The summed E-state index contributed by atoms with van der Waals surface area (Å²) in [6, 6.07) is 4.91. The van der Waals surface area contributed by atoms with Gasteiger partial charge in [0, 0.05) is 17.7 Å². The zero-order valence-electron chi connectivity index (χ0n) is 11.0. The Balaban J connectivity index is 2.78. The zero-order valence-corrected chi connectivity index (χ0v) is 11.0. The van der Waals surface area contributed by atoms with Crippen LogP contribution in [0.2, 0.25) is 0 Å². The van der Waals surface area contributed by atoms with Crippen molar-refractivity contribution in [3.8, 4) is 11.8 Å². The van der Waals surface area contributed by atoms with Crippen molar-refractivity contribution in [2.45, 2.75) is 19.5 Å². The third-order valence-corrected chi connectivity index (χ3v) is 2.60. The van der Waals surface area contributed by atoms with Gasteiger partial charge in [0.2, 0.25) is 0 Å². The molecule has 1 aromatic rings. The monoisotopic (exact) mass is 284 g/mol. The van der Waals surface area contributed by atoms with E-state index in [9.17, 15) is 18.0 Å². The van der Waals surface area contributed by atoms with E-state index in [0.717, 1.165) is 0 Å². The number of carbonyl (C=O) groups is 1. The van der Waals surface area contributed by atoms with Crippen LogP contribution in [0.5, 0.6) is 0 Å². The maximum Gasteiger partial charge on any atom is 0.390 e. The first-order chi connectivity index (χ1) is 9.35. The fraction of sp³-hybridized carbons (Fsp3) is 0.357. The van der Waals surface area contributed by atoms with E-state index in [4.69, 9.17) is 5.73 Å². The molecule has 0 aliphatic rings. The van der Waals surface area contributed by atoms with E-state index < -0.39 is 25.0 Å². The molecule has 0 unspecified atom stereocenters. The Morgan fingerprint density at radius 3 is 2.70 bits per heavy atom. The van der Waals surface area contributed by atoms with Crippen molar-refractivity contribution < 1.29 is 18.0 Å². The van der Waals surface area contributed by atoms with Gasteiger partial charge < -0.3 is 11.1 Å². The van der Waals surface area contributed by atoms with Crippen LogP contribution in [0.1, 0.15) is 27.9 Å². The largest absolute Gasteiger partial charge is 0.390 e. The standard InChI is InChI=1S/C14H15F3N2O/c1-10-11(5-3-8-18)4-2-6-12(10)13(20)19-9-7-14(15,16)17/h2,4,6H,7-9,18H2,1H3,(H,19,20). The lowest BCUT2D eigenvalue weighted by Crippen LogP contribution is -2.28. The van der Waals surface area contributed by atoms with Crippen LogP contribution in [0.3, 0.4) is 0 Å². The van der Waals surface area contributed by atoms with Gasteiger partial charge in [0.15, 0.2) is 0 Å². The molecule has 1 amide bonds. The van der Waals surface area contributed by atoms with Crippen molar-refractivity contribution in [2.24, 2.45) is 5.73 Å². The van der Waals surface area contributed by atoms with Crippen LogP contribution in [0.25, 0.3) is 0 Å². The Hall–Kier alpha value is -2.00. The molecular formula is C14H15F3N2O. The van der Waals surface area contributed by atoms with Crippen LogP contribution >= 0.6 is 0 Å². The van der Waals surface area contributed by atoms with Crippen LogP contribution in [0.4, 0.5) is 13.2 Å². The van der Waals surface area contributed by atoms with Crippen LogP contribution in [0.15, 0.2) is 18.2 Å². The summed E-state index contributed by atoms with van der Waals surface area (Å²) < 4.78 is 36.0. The zero-order chi connectivity index (χ0) is 15.2. The molecule has 0 aliphatic carbocycles. The van der Waals surface area contributed by atoms with E-state index in [0.29, 0.717) is 16.7 Å². The smallest absolute Gasteiger partial charge is 0.352 e. The van der Waals surface area contributed by atoms with Gasteiger partial charge in [-0.05, 0) is 24.6 Å². The van der Waals surface area contributed by atoms with Crippen molar-refractivity contribution in [2.75, 3.05) is 13.1 Å². The van der Waals surface area contributed by atoms with Gasteiger partial charge in [-0.3, -0.25) is 4.79 Å². The molecule has 1 aromatic carbocycles. The highest BCUT2D eigenvalue weighted by Crippen LogP contribution is 2.18. The Morgan fingerprint density at radius 1 is 1.40 bits per heavy atom. The van der Waals surface area contributed by atoms with Gasteiger partial charge >= 0.3 is 6.18 Å². The lowest BCUT2D eigenvalue weighted by atomic mass is 10.0. The molecule has 0 fully saturated rings. The van der Waals surface area contributed by atoms with Crippen LogP contribution < -0.4 is 11.1 Å². The molecule has 0 heterocycles.